The average Bonchev–Trinajstić information content (AvgIpc) is 2.52. The van der Waals surface area contributed by atoms with Crippen molar-refractivity contribution in [2.24, 2.45) is 0 Å². The average molecular weight is 288 g/mol. The molecule has 1 atom stereocenters. The van der Waals surface area contributed by atoms with Gasteiger partial charge >= 0.3 is 0 Å². The Hall–Kier alpha value is 0.140. The summed E-state index contributed by atoms with van der Waals surface area (Å²) in [6.07, 6.45) is 8.08. The van der Waals surface area contributed by atoms with Crippen molar-refractivity contribution in [1.29, 1.82) is 0 Å². The molecule has 2 rings (SSSR count). The summed E-state index contributed by atoms with van der Waals surface area (Å²) in [6, 6.07) is 3.01. The number of rotatable bonds is 3. The maximum absolute atomic E-state index is 3.65. The summed E-state index contributed by atoms with van der Waals surface area (Å²) in [5.74, 6) is 0. The van der Waals surface area contributed by atoms with E-state index in [1.54, 1.807) is 0 Å². The van der Waals surface area contributed by atoms with Gasteiger partial charge in [-0.15, -0.1) is 11.3 Å². The zero-order valence-corrected chi connectivity index (χ0v) is 11.4. The highest BCUT2D eigenvalue weighted by Crippen LogP contribution is 2.22. The van der Waals surface area contributed by atoms with E-state index in [1.807, 2.05) is 11.3 Å². The molecular weight excluding hydrogens is 270 g/mol. The molecule has 1 fully saturated rings. The first-order valence-electron chi connectivity index (χ1n) is 5.81. The van der Waals surface area contributed by atoms with Crippen LogP contribution in [0, 0.1) is 0 Å². The van der Waals surface area contributed by atoms with Crippen LogP contribution in [0.3, 0.4) is 0 Å². The predicted molar refractivity (Wildman–Crippen MR) is 70.6 cm³/mol. The lowest BCUT2D eigenvalue weighted by molar-refractivity contribution is 0.479. The minimum atomic E-state index is 0.758. The number of halogens is 1. The second kappa shape index (κ2) is 6.02. The van der Waals surface area contributed by atoms with E-state index in [0.29, 0.717) is 0 Å². The molecule has 1 aliphatic heterocycles. The van der Waals surface area contributed by atoms with E-state index in [1.165, 1.54) is 54.4 Å². The predicted octanol–water partition coefficient (Wildman–Crippen LogP) is 3.98. The fraction of sp³-hybridized carbons (Fsp3) is 0.667. The summed E-state index contributed by atoms with van der Waals surface area (Å²) in [7, 11) is 0. The normalized spacial score (nSPS) is 22.6. The second-order valence-corrected chi connectivity index (χ2v) is 6.18. The minimum absolute atomic E-state index is 0.758. The van der Waals surface area contributed by atoms with Gasteiger partial charge in [-0.25, -0.2) is 0 Å². The molecule has 1 saturated heterocycles. The van der Waals surface area contributed by atoms with E-state index >= 15 is 0 Å². The SMILES string of the molecule is Brc1csc(CCC2CCCCCN2)c1. The largest absolute Gasteiger partial charge is 0.314 e. The fourth-order valence-electron chi connectivity index (χ4n) is 2.15. The van der Waals surface area contributed by atoms with Crippen LogP contribution in [0.2, 0.25) is 0 Å². The molecule has 84 valence electrons. The molecule has 1 aliphatic rings. The lowest BCUT2D eigenvalue weighted by Gasteiger charge is -2.14. The number of hydrogen-bond donors (Lipinski definition) is 1. The molecule has 2 heterocycles. The minimum Gasteiger partial charge on any atom is -0.314 e. The van der Waals surface area contributed by atoms with Crippen molar-refractivity contribution in [1.82, 2.24) is 5.32 Å². The first-order chi connectivity index (χ1) is 7.34. The van der Waals surface area contributed by atoms with Gasteiger partial charge in [-0.05, 0) is 54.2 Å². The van der Waals surface area contributed by atoms with Crippen molar-refractivity contribution in [3.05, 3.63) is 20.8 Å². The maximum Gasteiger partial charge on any atom is 0.0285 e. The van der Waals surface area contributed by atoms with Crippen LogP contribution in [0.25, 0.3) is 0 Å². The van der Waals surface area contributed by atoms with E-state index in [0.717, 1.165) is 6.04 Å². The second-order valence-electron chi connectivity index (χ2n) is 4.27. The van der Waals surface area contributed by atoms with Gasteiger partial charge in [0.2, 0.25) is 0 Å². The molecule has 1 unspecified atom stereocenters. The Morgan fingerprint density at radius 3 is 3.13 bits per heavy atom. The van der Waals surface area contributed by atoms with Gasteiger partial charge in [-0.3, -0.25) is 0 Å². The van der Waals surface area contributed by atoms with Gasteiger partial charge in [0.05, 0.1) is 0 Å². The summed E-state index contributed by atoms with van der Waals surface area (Å²) in [5.41, 5.74) is 0. The molecule has 1 nitrogen and oxygen atoms in total. The van der Waals surface area contributed by atoms with Gasteiger partial charge in [-0.1, -0.05) is 12.8 Å². The van der Waals surface area contributed by atoms with Crippen molar-refractivity contribution < 1.29 is 0 Å². The quantitative estimate of drug-likeness (QED) is 0.887. The van der Waals surface area contributed by atoms with Crippen molar-refractivity contribution >= 4 is 27.3 Å². The highest BCUT2D eigenvalue weighted by molar-refractivity contribution is 9.10. The van der Waals surface area contributed by atoms with Crippen molar-refractivity contribution in [2.45, 2.75) is 44.6 Å². The number of aryl methyl sites for hydroxylation is 1. The van der Waals surface area contributed by atoms with Gasteiger partial charge in [-0.2, -0.15) is 0 Å². The standard InChI is InChI=1S/C12H18BrNS/c13-10-8-12(15-9-10)6-5-11-4-2-1-3-7-14-11/h8-9,11,14H,1-7H2. The highest BCUT2D eigenvalue weighted by atomic mass is 79.9. The van der Waals surface area contributed by atoms with E-state index in [2.05, 4.69) is 32.7 Å². The smallest absolute Gasteiger partial charge is 0.0285 e. The third-order valence-electron chi connectivity index (χ3n) is 3.02. The van der Waals surface area contributed by atoms with Crippen LogP contribution in [-0.2, 0) is 6.42 Å². The highest BCUT2D eigenvalue weighted by Gasteiger charge is 2.11. The van der Waals surface area contributed by atoms with E-state index in [9.17, 15) is 0 Å². The first kappa shape index (κ1) is 11.6. The number of hydrogen-bond acceptors (Lipinski definition) is 2. The number of thiophene rings is 1. The Morgan fingerprint density at radius 1 is 1.40 bits per heavy atom. The molecule has 0 saturated carbocycles. The summed E-state index contributed by atoms with van der Waals surface area (Å²) in [5, 5.41) is 5.83. The Balaban J connectivity index is 1.76. The first-order valence-corrected chi connectivity index (χ1v) is 7.48. The molecule has 0 aliphatic carbocycles. The lowest BCUT2D eigenvalue weighted by Crippen LogP contribution is -2.28. The zero-order valence-electron chi connectivity index (χ0n) is 8.97. The molecule has 0 radical (unpaired) electrons. The lowest BCUT2D eigenvalue weighted by atomic mass is 10.1. The fourth-order valence-corrected chi connectivity index (χ4v) is 3.62. The third-order valence-corrected chi connectivity index (χ3v) is 4.78. The molecular formula is C12H18BrNS. The van der Waals surface area contributed by atoms with Crippen LogP contribution in [-0.4, -0.2) is 12.6 Å². The maximum atomic E-state index is 3.65. The van der Waals surface area contributed by atoms with E-state index in [-0.39, 0.29) is 0 Å². The van der Waals surface area contributed by atoms with Crippen LogP contribution < -0.4 is 5.32 Å². The van der Waals surface area contributed by atoms with Crippen LogP contribution in [0.15, 0.2) is 15.9 Å². The Kier molecular flexibility index (Phi) is 4.66. The Labute approximate surface area is 104 Å². The molecule has 1 aromatic rings. The third kappa shape index (κ3) is 3.89. The molecule has 1 N–H and O–H groups in total. The van der Waals surface area contributed by atoms with Crippen molar-refractivity contribution in [3.63, 3.8) is 0 Å². The van der Waals surface area contributed by atoms with E-state index < -0.39 is 0 Å². The Morgan fingerprint density at radius 2 is 2.33 bits per heavy atom. The topological polar surface area (TPSA) is 12.0 Å². The van der Waals surface area contributed by atoms with E-state index in [4.69, 9.17) is 0 Å². The van der Waals surface area contributed by atoms with Crippen molar-refractivity contribution in [2.75, 3.05) is 6.54 Å². The zero-order chi connectivity index (χ0) is 10.5. The molecule has 0 bridgehead atoms. The number of nitrogens with one attached hydrogen (secondary N) is 1. The van der Waals surface area contributed by atoms with Crippen LogP contribution in [0.4, 0.5) is 0 Å². The summed E-state index contributed by atoms with van der Waals surface area (Å²) in [6.45, 7) is 1.22. The van der Waals surface area contributed by atoms with Crippen LogP contribution in [0.1, 0.15) is 37.0 Å². The molecule has 0 aromatic carbocycles. The Bertz CT molecular complexity index is 290. The van der Waals surface area contributed by atoms with Gasteiger partial charge in [0.1, 0.15) is 0 Å². The molecule has 0 spiro atoms. The van der Waals surface area contributed by atoms with Gasteiger partial charge in [0.15, 0.2) is 0 Å². The summed E-state index contributed by atoms with van der Waals surface area (Å²) in [4.78, 5) is 1.51. The van der Waals surface area contributed by atoms with Gasteiger partial charge in [0.25, 0.3) is 0 Å². The van der Waals surface area contributed by atoms with Gasteiger partial charge < -0.3 is 5.32 Å². The summed E-state index contributed by atoms with van der Waals surface area (Å²) < 4.78 is 1.23. The monoisotopic (exact) mass is 287 g/mol. The molecule has 0 amide bonds. The van der Waals surface area contributed by atoms with Crippen LogP contribution in [0.5, 0.6) is 0 Å². The summed E-state index contributed by atoms with van der Waals surface area (Å²) >= 11 is 5.37. The molecule has 3 heteroatoms. The molecule has 1 aromatic heterocycles. The molecule has 15 heavy (non-hydrogen) atoms. The van der Waals surface area contributed by atoms with Crippen LogP contribution >= 0.6 is 27.3 Å². The van der Waals surface area contributed by atoms with Gasteiger partial charge in [0, 0.05) is 20.8 Å². The van der Waals surface area contributed by atoms with Crippen molar-refractivity contribution in [3.8, 4) is 0 Å².